The molecule has 0 heterocycles. The molecule has 0 aliphatic carbocycles. The second-order valence-electron chi connectivity index (χ2n) is 9.53. The van der Waals surface area contributed by atoms with Crippen LogP contribution < -0.4 is 163 Å². The predicted octanol–water partition coefficient (Wildman–Crippen LogP) is -15.7. The van der Waals surface area contributed by atoms with Crippen LogP contribution in [0.3, 0.4) is 0 Å². The summed E-state index contributed by atoms with van der Waals surface area (Å²) in [5.74, 6) is -6.71. The number of nitrogens with zero attached hydrogens (tertiary/aromatic N) is 4. The Bertz CT molecular complexity index is 2270. The van der Waals surface area contributed by atoms with Gasteiger partial charge in [-0.25, -0.2) is 33.7 Å². The van der Waals surface area contributed by atoms with Gasteiger partial charge in [0.15, 0.2) is 55.8 Å². The van der Waals surface area contributed by atoms with E-state index in [4.69, 9.17) is 0 Å². The Morgan fingerprint density at radius 3 is 1.22 bits per heavy atom. The fourth-order valence-corrected chi connectivity index (χ4v) is 8.07. The van der Waals surface area contributed by atoms with Crippen LogP contribution in [0.15, 0.2) is 82.5 Å². The van der Waals surface area contributed by atoms with Crippen molar-refractivity contribution in [1.29, 1.82) is 0 Å². The predicted molar refractivity (Wildman–Crippen MR) is 167 cm³/mol. The number of carbonyl (C=O) groups excluding carboxylic acids is 1. The second kappa shape index (κ2) is 29.6. The summed E-state index contributed by atoms with van der Waals surface area (Å²) in [6.07, 6.45) is 0. The van der Waals surface area contributed by atoms with E-state index in [1.54, 1.807) is 0 Å². The van der Waals surface area contributed by atoms with Crippen molar-refractivity contribution in [3.63, 3.8) is 0 Å². The minimum atomic E-state index is -5.53. The molecule has 3 aromatic carbocycles. The first-order valence-corrected chi connectivity index (χ1v) is 20.9. The first-order chi connectivity index (χ1) is 25.6. The maximum atomic E-state index is 12.6. The molecule has 0 radical (unpaired) electrons. The number of benzene rings is 3. The SMILES string of the molecule is O=C([O-])c1c(O)c(N=Nc2ccc(S(=O)(=O)CCOSOO[O-])cc2S(=O)(=O)[O-])cc(N=Nc2ccc(S(=O)(=O)CCOSOO[O-])cc2S(=O)(=O)[O-])c1O.[Na+].[Na+].[Na+].[Na+].[Na+]. The first kappa shape index (κ1) is 65.3. The number of phenols is 2. The van der Waals surface area contributed by atoms with Crippen molar-refractivity contribution < 1.29 is 248 Å². The molecule has 0 saturated carbocycles. The van der Waals surface area contributed by atoms with E-state index in [1.807, 2.05) is 0 Å². The maximum Gasteiger partial charge on any atom is 1.00 e. The molecule has 0 aromatic heterocycles. The van der Waals surface area contributed by atoms with Gasteiger partial charge in [0.1, 0.15) is 43.0 Å². The van der Waals surface area contributed by atoms with E-state index in [0.717, 1.165) is 12.1 Å². The van der Waals surface area contributed by atoms with Gasteiger partial charge in [0.2, 0.25) is 0 Å². The van der Waals surface area contributed by atoms with E-state index in [9.17, 15) is 73.4 Å². The molecule has 0 unspecified atom stereocenters. The summed E-state index contributed by atoms with van der Waals surface area (Å²) in [7, 11) is -19.8. The Hall–Kier alpha value is 1.03. The number of azo groups is 2. The number of hydrogen-bond donors (Lipinski definition) is 2. The van der Waals surface area contributed by atoms with Gasteiger partial charge in [0.25, 0.3) is 0 Å². The third kappa shape index (κ3) is 19.5. The Kier molecular flexibility index (Phi) is 32.2. The van der Waals surface area contributed by atoms with Gasteiger partial charge >= 0.3 is 148 Å². The van der Waals surface area contributed by atoms with Crippen molar-refractivity contribution in [2.45, 2.75) is 19.6 Å². The number of rotatable bonds is 21. The number of hydrogen-bond acceptors (Lipinski definition) is 28. The van der Waals surface area contributed by atoms with Crippen LogP contribution in [-0.2, 0) is 67.0 Å². The quantitative estimate of drug-likeness (QED) is 0.0190. The van der Waals surface area contributed by atoms with Crippen molar-refractivity contribution >= 4 is 93.3 Å². The summed E-state index contributed by atoms with van der Waals surface area (Å²) in [6, 6.07) is 4.25. The number of carbonyl (C=O) groups is 1. The molecule has 3 rings (SSSR count). The Labute approximate surface area is 458 Å². The minimum Gasteiger partial charge on any atom is -0.744 e. The zero-order chi connectivity index (χ0) is 41.2. The molecule has 2 N–H and O–H groups in total. The van der Waals surface area contributed by atoms with Crippen LogP contribution in [0, 0.1) is 0 Å². The van der Waals surface area contributed by atoms with Crippen molar-refractivity contribution in [2.24, 2.45) is 20.5 Å². The van der Waals surface area contributed by atoms with Gasteiger partial charge in [0.05, 0.1) is 55.8 Å². The molecule has 3 aromatic rings. The zero-order valence-electron chi connectivity index (χ0n) is 31.2. The maximum absolute atomic E-state index is 12.6. The second-order valence-corrected chi connectivity index (χ2v) is 17.5. The molecule has 0 bridgehead atoms. The summed E-state index contributed by atoms with van der Waals surface area (Å²) in [6.45, 7) is -1.24. The smallest absolute Gasteiger partial charge is 0.744 e. The van der Waals surface area contributed by atoms with Crippen LogP contribution in [0.25, 0.3) is 0 Å². The average Bonchev–Trinajstić information content (AvgIpc) is 3.09. The number of carboxylic acids is 1. The molecule has 26 nitrogen and oxygen atoms in total. The van der Waals surface area contributed by atoms with Gasteiger partial charge in [-0.05, 0) is 36.4 Å². The van der Waals surface area contributed by atoms with E-state index in [0.29, 0.717) is 30.3 Å². The van der Waals surface area contributed by atoms with E-state index in [1.165, 1.54) is 0 Å². The van der Waals surface area contributed by atoms with E-state index in [2.05, 4.69) is 47.6 Å². The summed E-state index contributed by atoms with van der Waals surface area (Å²) in [4.78, 5) is 7.75. The molecule has 37 heteroatoms. The van der Waals surface area contributed by atoms with Gasteiger partial charge in [-0.15, -0.1) is 29.1 Å². The molecule has 0 aliphatic heterocycles. The van der Waals surface area contributed by atoms with E-state index < -0.39 is 130 Å². The largest absolute Gasteiger partial charge is 1.00 e. The average molecular weight is 1010 g/mol. The molecule has 0 spiro atoms. The third-order valence-corrected chi connectivity index (χ3v) is 12.0. The molecule has 0 atom stereocenters. The fourth-order valence-electron chi connectivity index (χ4n) is 3.79. The number of carboxylic acid groups (broad SMARTS) is 1. The van der Waals surface area contributed by atoms with Crippen LogP contribution in [0.4, 0.5) is 22.7 Å². The molecule has 0 saturated heterocycles. The minimum absolute atomic E-state index is 0. The summed E-state index contributed by atoms with van der Waals surface area (Å²) in [5.41, 5.74) is -5.06. The Morgan fingerprint density at radius 2 is 0.917 bits per heavy atom. The Morgan fingerprint density at radius 1 is 0.583 bits per heavy atom. The fraction of sp³-hybridized carbons (Fsp3) is 0.174. The van der Waals surface area contributed by atoms with Gasteiger partial charge in [0, 0.05) is 6.07 Å². The number of aromatic carboxylic acids is 1. The monoisotopic (exact) mass is 1010 g/mol. The molecular formula is C23H17N4Na5O22S6. The van der Waals surface area contributed by atoms with Crippen molar-refractivity contribution in [3.05, 3.63) is 48.0 Å². The van der Waals surface area contributed by atoms with Crippen molar-refractivity contribution in [1.82, 2.24) is 0 Å². The number of sulfone groups is 2. The van der Waals surface area contributed by atoms with Gasteiger partial charge in [-0.2, -0.15) is 0 Å². The molecule has 60 heavy (non-hydrogen) atoms. The van der Waals surface area contributed by atoms with Crippen LogP contribution in [0.2, 0.25) is 0 Å². The standard InChI is InChI=1S/C23H22N4O22S6.5Na/c28-21-16(26-24-14-3-1-12(9-18(14)54(38,39)40)52(34,35)7-5-44-50-48-46-32)11-17(22(29)20(21)23(30)31)27-25-15-4-2-13(10-19(15)55(41,42)43)53(36,37)8-6-45-51-49-47-33;;;;;/h1-4,9-11,28-29,32-33H,5-8H2,(H,30,31)(H,38,39,40)(H,41,42,43);;;;;/q;5*+1/p-5. The summed E-state index contributed by atoms with van der Waals surface area (Å²) < 4.78 is 139. The van der Waals surface area contributed by atoms with E-state index >= 15 is 0 Å². The normalized spacial score (nSPS) is 11.8. The van der Waals surface area contributed by atoms with Crippen LogP contribution in [0.1, 0.15) is 10.4 Å². The van der Waals surface area contributed by atoms with Gasteiger partial charge in [-0.1, -0.05) is 0 Å². The van der Waals surface area contributed by atoms with Crippen LogP contribution in [0.5, 0.6) is 11.5 Å². The zero-order valence-corrected chi connectivity index (χ0v) is 46.1. The molecular weight excluding hydrogens is 992 g/mol. The Balaban J connectivity index is -0.00000650. The van der Waals surface area contributed by atoms with Crippen LogP contribution in [-0.4, -0.2) is 83.7 Å². The van der Waals surface area contributed by atoms with Crippen molar-refractivity contribution in [3.8, 4) is 11.5 Å². The third-order valence-electron chi connectivity index (χ3n) is 6.16. The molecule has 0 amide bonds. The first-order valence-electron chi connectivity index (χ1n) is 13.4. The molecule has 0 aliphatic rings. The van der Waals surface area contributed by atoms with Gasteiger partial charge < -0.3 is 39.7 Å². The topological polar surface area (TPSA) is 414 Å². The van der Waals surface area contributed by atoms with Crippen LogP contribution >= 0.6 is 24.6 Å². The molecule has 0 fully saturated rings. The number of aromatic hydroxyl groups is 2. The van der Waals surface area contributed by atoms with Crippen molar-refractivity contribution in [2.75, 3.05) is 24.7 Å². The summed E-state index contributed by atoms with van der Waals surface area (Å²) >= 11 is -0.0347. The summed E-state index contributed by atoms with van der Waals surface area (Å²) in [5, 5.41) is 72.0. The van der Waals surface area contributed by atoms with E-state index in [-0.39, 0.29) is 172 Å². The van der Waals surface area contributed by atoms with Gasteiger partial charge in [-0.3, -0.25) is 18.4 Å². The molecule has 302 valence electrons.